The number of anilines is 1. The maximum Gasteiger partial charge on any atom is 0.293 e. The molecule has 3 rings (SSSR count). The number of halogens is 1. The first-order chi connectivity index (χ1) is 10.5. The van der Waals surface area contributed by atoms with Crippen molar-refractivity contribution in [3.05, 3.63) is 34.0 Å². The summed E-state index contributed by atoms with van der Waals surface area (Å²) in [6.45, 7) is 3.65. The first-order valence-corrected chi connectivity index (χ1v) is 8.05. The average molecular weight is 320 g/mol. The second-order valence-electron chi connectivity index (χ2n) is 5.60. The molecule has 0 saturated carbocycles. The van der Waals surface area contributed by atoms with Crippen molar-refractivity contribution >= 4 is 34.7 Å². The zero-order valence-electron chi connectivity index (χ0n) is 12.6. The van der Waals surface area contributed by atoms with Crippen LogP contribution in [0.15, 0.2) is 17.0 Å². The number of nitrogens with zero attached hydrogens (tertiary/aromatic N) is 2. The molecule has 2 fully saturated rings. The van der Waals surface area contributed by atoms with Gasteiger partial charge in [-0.15, -0.1) is 0 Å². The Bertz CT molecular complexity index is 681. The van der Waals surface area contributed by atoms with Crippen molar-refractivity contribution in [3.63, 3.8) is 0 Å². The normalized spacial score (nSPS) is 20.6. The topological polar surface area (TPSA) is 40.6 Å². The Labute approximate surface area is 133 Å². The molecule has 0 N–H and O–H groups in total. The summed E-state index contributed by atoms with van der Waals surface area (Å²) in [5.74, 6) is -0.618. The monoisotopic (exact) mass is 320 g/mol. The van der Waals surface area contributed by atoms with Crippen molar-refractivity contribution in [1.82, 2.24) is 4.90 Å². The molecular formula is C16H17FN2O2S. The lowest BCUT2D eigenvalue weighted by atomic mass is 10.1. The third-order valence-corrected chi connectivity index (χ3v) is 5.02. The fraction of sp³-hybridized carbons (Fsp3) is 0.375. The van der Waals surface area contributed by atoms with Crippen LogP contribution >= 0.6 is 11.8 Å². The van der Waals surface area contributed by atoms with Gasteiger partial charge in [0.1, 0.15) is 5.82 Å². The van der Waals surface area contributed by atoms with Gasteiger partial charge in [0.2, 0.25) is 0 Å². The largest absolute Gasteiger partial charge is 0.369 e. The van der Waals surface area contributed by atoms with Crippen LogP contribution in [0.1, 0.15) is 24.0 Å². The van der Waals surface area contributed by atoms with Crippen LogP contribution in [0.3, 0.4) is 0 Å². The summed E-state index contributed by atoms with van der Waals surface area (Å²) in [7, 11) is 1.45. The van der Waals surface area contributed by atoms with Gasteiger partial charge in [-0.25, -0.2) is 4.39 Å². The van der Waals surface area contributed by atoms with E-state index in [4.69, 9.17) is 0 Å². The number of aryl methyl sites for hydroxylation is 1. The third-order valence-electron chi connectivity index (χ3n) is 4.06. The van der Waals surface area contributed by atoms with E-state index in [1.807, 2.05) is 17.9 Å². The van der Waals surface area contributed by atoms with Crippen molar-refractivity contribution in [3.8, 4) is 0 Å². The predicted molar refractivity (Wildman–Crippen MR) is 86.3 cm³/mol. The van der Waals surface area contributed by atoms with Crippen LogP contribution in [-0.4, -0.2) is 36.2 Å². The highest BCUT2D eigenvalue weighted by Gasteiger charge is 2.32. The molecule has 0 atom stereocenters. The number of likely N-dealkylation sites (N-methyl/N-ethyl adjacent to an activating group) is 1. The van der Waals surface area contributed by atoms with Gasteiger partial charge in [0, 0.05) is 20.1 Å². The Kier molecular flexibility index (Phi) is 3.95. The minimum atomic E-state index is -0.335. The highest BCUT2D eigenvalue weighted by molar-refractivity contribution is 8.18. The number of thioether (sulfide) groups is 1. The zero-order valence-corrected chi connectivity index (χ0v) is 13.4. The smallest absolute Gasteiger partial charge is 0.293 e. The molecule has 0 unspecified atom stereocenters. The number of carbonyl (C=O) groups excluding carboxylic acids is 2. The Balaban J connectivity index is 1.94. The summed E-state index contributed by atoms with van der Waals surface area (Å²) >= 11 is 0.886. The van der Waals surface area contributed by atoms with Gasteiger partial charge in [-0.3, -0.25) is 14.5 Å². The molecule has 2 aliphatic rings. The third kappa shape index (κ3) is 2.63. The summed E-state index contributed by atoms with van der Waals surface area (Å²) in [5, 5.41) is -0.303. The van der Waals surface area contributed by atoms with Crippen LogP contribution in [0.25, 0.3) is 6.08 Å². The van der Waals surface area contributed by atoms with Crippen LogP contribution in [0.2, 0.25) is 0 Å². The molecule has 116 valence electrons. The van der Waals surface area contributed by atoms with E-state index in [2.05, 4.69) is 0 Å². The SMILES string of the molecule is Cc1cc(N2CCCC2)c(F)cc1C=C1SC(=O)N(C)C1=O. The number of carbonyl (C=O) groups is 2. The maximum atomic E-state index is 14.4. The zero-order chi connectivity index (χ0) is 15.9. The molecule has 2 amide bonds. The number of imide groups is 1. The van der Waals surface area contributed by atoms with Crippen molar-refractivity contribution in [2.24, 2.45) is 0 Å². The Morgan fingerprint density at radius 1 is 1.23 bits per heavy atom. The lowest BCUT2D eigenvalue weighted by Crippen LogP contribution is -2.22. The second kappa shape index (κ2) is 5.76. The molecule has 2 aliphatic heterocycles. The molecule has 0 aromatic heterocycles. The number of amides is 2. The van der Waals surface area contributed by atoms with Crippen LogP contribution < -0.4 is 4.90 Å². The van der Waals surface area contributed by atoms with Gasteiger partial charge >= 0.3 is 0 Å². The predicted octanol–water partition coefficient (Wildman–Crippen LogP) is 3.40. The first kappa shape index (κ1) is 15.1. The summed E-state index contributed by atoms with van der Waals surface area (Å²) < 4.78 is 14.4. The van der Waals surface area contributed by atoms with Crippen LogP contribution in [0, 0.1) is 12.7 Å². The van der Waals surface area contributed by atoms with Crippen molar-refractivity contribution in [1.29, 1.82) is 0 Å². The average Bonchev–Trinajstić information content (AvgIpc) is 3.08. The summed E-state index contributed by atoms with van der Waals surface area (Å²) in [5.41, 5.74) is 2.15. The summed E-state index contributed by atoms with van der Waals surface area (Å²) in [6.07, 6.45) is 3.77. The number of benzene rings is 1. The lowest BCUT2D eigenvalue weighted by molar-refractivity contribution is -0.121. The first-order valence-electron chi connectivity index (χ1n) is 7.24. The van der Waals surface area contributed by atoms with Gasteiger partial charge in [-0.05, 0) is 60.9 Å². The summed E-state index contributed by atoms with van der Waals surface area (Å²) in [4.78, 5) is 26.9. The van der Waals surface area contributed by atoms with Gasteiger partial charge in [0.15, 0.2) is 0 Å². The molecule has 0 bridgehead atoms. The van der Waals surface area contributed by atoms with E-state index in [9.17, 15) is 14.0 Å². The molecular weight excluding hydrogens is 303 g/mol. The fourth-order valence-electron chi connectivity index (χ4n) is 2.72. The molecule has 22 heavy (non-hydrogen) atoms. The fourth-order valence-corrected chi connectivity index (χ4v) is 3.54. The Morgan fingerprint density at radius 2 is 1.91 bits per heavy atom. The quantitative estimate of drug-likeness (QED) is 0.783. The number of hydrogen-bond acceptors (Lipinski definition) is 4. The van der Waals surface area contributed by atoms with Gasteiger partial charge < -0.3 is 4.90 Å². The Hall–Kier alpha value is -1.82. The van der Waals surface area contributed by atoms with Crippen molar-refractivity contribution < 1.29 is 14.0 Å². The van der Waals surface area contributed by atoms with E-state index in [0.29, 0.717) is 16.2 Å². The molecule has 1 aromatic carbocycles. The molecule has 0 spiro atoms. The minimum Gasteiger partial charge on any atom is -0.369 e. The molecule has 2 saturated heterocycles. The molecule has 1 aromatic rings. The standard InChI is InChI=1S/C16H17FN2O2S/c1-10-7-13(19-5-3-4-6-19)12(17)8-11(10)9-14-15(20)18(2)16(21)22-14/h7-9H,3-6H2,1-2H3. The van der Waals surface area contributed by atoms with E-state index in [0.717, 1.165) is 48.2 Å². The molecule has 6 heteroatoms. The molecule has 0 aliphatic carbocycles. The molecule has 0 radical (unpaired) electrons. The highest BCUT2D eigenvalue weighted by atomic mass is 32.2. The van der Waals surface area contributed by atoms with E-state index >= 15 is 0 Å². The van der Waals surface area contributed by atoms with Crippen molar-refractivity contribution in [2.45, 2.75) is 19.8 Å². The van der Waals surface area contributed by atoms with E-state index in [1.165, 1.54) is 13.1 Å². The van der Waals surface area contributed by atoms with Crippen LogP contribution in [0.4, 0.5) is 14.9 Å². The summed E-state index contributed by atoms with van der Waals surface area (Å²) in [6, 6.07) is 3.27. The minimum absolute atomic E-state index is 0.283. The van der Waals surface area contributed by atoms with Crippen molar-refractivity contribution in [2.75, 3.05) is 25.0 Å². The van der Waals surface area contributed by atoms with Gasteiger partial charge in [0.05, 0.1) is 10.6 Å². The van der Waals surface area contributed by atoms with E-state index < -0.39 is 0 Å². The number of rotatable bonds is 2. The van der Waals surface area contributed by atoms with Gasteiger partial charge in [0.25, 0.3) is 11.1 Å². The highest BCUT2D eigenvalue weighted by Crippen LogP contribution is 2.33. The van der Waals surface area contributed by atoms with Gasteiger partial charge in [-0.1, -0.05) is 0 Å². The van der Waals surface area contributed by atoms with Crippen LogP contribution in [0.5, 0.6) is 0 Å². The lowest BCUT2D eigenvalue weighted by Gasteiger charge is -2.19. The second-order valence-corrected chi connectivity index (χ2v) is 6.59. The molecule has 4 nitrogen and oxygen atoms in total. The Morgan fingerprint density at radius 3 is 2.50 bits per heavy atom. The van der Waals surface area contributed by atoms with E-state index in [-0.39, 0.29) is 17.0 Å². The molecule has 2 heterocycles. The number of hydrogen-bond donors (Lipinski definition) is 0. The van der Waals surface area contributed by atoms with Crippen LogP contribution in [-0.2, 0) is 4.79 Å². The van der Waals surface area contributed by atoms with E-state index in [1.54, 1.807) is 6.08 Å². The maximum absolute atomic E-state index is 14.4. The van der Waals surface area contributed by atoms with Gasteiger partial charge in [-0.2, -0.15) is 0 Å².